The van der Waals surface area contributed by atoms with E-state index in [9.17, 15) is 0 Å². The van der Waals surface area contributed by atoms with Crippen LogP contribution in [0.5, 0.6) is 0 Å². The summed E-state index contributed by atoms with van der Waals surface area (Å²) in [5.41, 5.74) is 1.15. The molecule has 0 aromatic rings. The van der Waals surface area contributed by atoms with Gasteiger partial charge in [-0.2, -0.15) is 0 Å². The minimum atomic E-state index is 0.699. The van der Waals surface area contributed by atoms with Gasteiger partial charge >= 0.3 is 0 Å². The molecule has 1 heteroatoms. The molecule has 0 heterocycles. The molecule has 0 N–H and O–H groups in total. The maximum atomic E-state index is 5.98. The van der Waals surface area contributed by atoms with Crippen LogP contribution in [-0.2, 0) is 0 Å². The van der Waals surface area contributed by atoms with Crippen molar-refractivity contribution in [3.63, 3.8) is 0 Å². The normalized spacial score (nSPS) is 13.2. The van der Waals surface area contributed by atoms with E-state index in [1.54, 1.807) is 6.08 Å². The maximum absolute atomic E-state index is 5.98. The second-order valence-electron chi connectivity index (χ2n) is 3.41. The van der Waals surface area contributed by atoms with E-state index in [2.05, 4.69) is 19.8 Å². The van der Waals surface area contributed by atoms with Gasteiger partial charge in [-0.1, -0.05) is 37.4 Å². The summed E-state index contributed by atoms with van der Waals surface area (Å²) in [5.74, 6) is 3.13. The first-order chi connectivity index (χ1) is 6.11. The molecule has 0 nitrogen and oxygen atoms in total. The van der Waals surface area contributed by atoms with Crippen molar-refractivity contribution in [2.24, 2.45) is 5.92 Å². The molecule has 72 valence electrons. The number of hydrogen-bond donors (Lipinski definition) is 0. The molecule has 0 fully saturated rings. The van der Waals surface area contributed by atoms with Gasteiger partial charge in [0.1, 0.15) is 0 Å². The van der Waals surface area contributed by atoms with Crippen LogP contribution in [0.15, 0.2) is 22.8 Å². The second-order valence-corrected chi connectivity index (χ2v) is 3.81. The summed E-state index contributed by atoms with van der Waals surface area (Å²) in [4.78, 5) is 0. The molecule has 0 spiro atoms. The average molecular weight is 197 g/mol. The number of terminal acetylenes is 1. The van der Waals surface area contributed by atoms with Gasteiger partial charge in [-0.25, -0.2) is 0 Å². The summed E-state index contributed by atoms with van der Waals surface area (Å²) in [7, 11) is 0. The maximum Gasteiger partial charge on any atom is 0.0518 e. The predicted molar refractivity (Wildman–Crippen MR) is 60.6 cm³/mol. The molecule has 0 aromatic carbocycles. The first-order valence-corrected chi connectivity index (χ1v) is 4.97. The van der Waals surface area contributed by atoms with Gasteiger partial charge in [0, 0.05) is 6.08 Å². The molecule has 0 unspecified atom stereocenters. The van der Waals surface area contributed by atoms with Gasteiger partial charge in [0.15, 0.2) is 0 Å². The molecular formula is C12H17Cl. The Hall–Kier alpha value is -0.670. The van der Waals surface area contributed by atoms with Crippen LogP contribution in [0.2, 0.25) is 0 Å². The van der Waals surface area contributed by atoms with E-state index in [-0.39, 0.29) is 0 Å². The summed E-state index contributed by atoms with van der Waals surface area (Å²) >= 11 is 5.98. The summed E-state index contributed by atoms with van der Waals surface area (Å²) in [5, 5.41) is 0.700. The van der Waals surface area contributed by atoms with Gasteiger partial charge < -0.3 is 0 Å². The van der Waals surface area contributed by atoms with Crippen molar-refractivity contribution in [1.29, 1.82) is 0 Å². The van der Waals surface area contributed by atoms with E-state index in [0.29, 0.717) is 11.0 Å². The Kier molecular flexibility index (Phi) is 6.45. The van der Waals surface area contributed by atoms with E-state index in [0.717, 1.165) is 18.4 Å². The first kappa shape index (κ1) is 12.3. The van der Waals surface area contributed by atoms with Gasteiger partial charge in [0.2, 0.25) is 0 Å². The number of hydrogen-bond acceptors (Lipinski definition) is 0. The van der Waals surface area contributed by atoms with Crippen LogP contribution in [-0.4, -0.2) is 0 Å². The fourth-order valence-corrected chi connectivity index (χ4v) is 1.28. The monoisotopic (exact) mass is 196 g/mol. The van der Waals surface area contributed by atoms with Gasteiger partial charge in [-0.3, -0.25) is 0 Å². The Balaban J connectivity index is 4.23. The van der Waals surface area contributed by atoms with Crippen molar-refractivity contribution >= 4 is 11.6 Å². The molecule has 0 radical (unpaired) electrons. The largest absolute Gasteiger partial charge is 0.115 e. The van der Waals surface area contributed by atoms with Gasteiger partial charge in [0.05, 0.1) is 5.03 Å². The minimum Gasteiger partial charge on any atom is -0.115 e. The van der Waals surface area contributed by atoms with Crippen molar-refractivity contribution in [3.8, 4) is 12.3 Å². The van der Waals surface area contributed by atoms with Crippen LogP contribution in [0.1, 0.15) is 33.6 Å². The number of halogens is 1. The Labute approximate surface area is 86.7 Å². The third-order valence-corrected chi connectivity index (χ3v) is 2.21. The average Bonchev–Trinajstić information content (AvgIpc) is 2.05. The lowest BCUT2D eigenvalue weighted by atomic mass is 10.0. The number of rotatable bonds is 4. The zero-order valence-electron chi connectivity index (χ0n) is 8.60. The van der Waals surface area contributed by atoms with Crippen LogP contribution in [0, 0.1) is 18.3 Å². The third-order valence-electron chi connectivity index (χ3n) is 1.86. The molecule has 0 saturated heterocycles. The molecule has 0 aliphatic heterocycles. The van der Waals surface area contributed by atoms with E-state index < -0.39 is 0 Å². The molecule has 13 heavy (non-hydrogen) atoms. The van der Waals surface area contributed by atoms with E-state index in [4.69, 9.17) is 18.0 Å². The molecule has 0 aromatic heterocycles. The van der Waals surface area contributed by atoms with Crippen LogP contribution in [0.4, 0.5) is 0 Å². The fraction of sp³-hybridized carbons (Fsp3) is 0.500. The standard InChI is InChI=1S/C12H17Cl/c1-5-7-12(13)11(6-2)9-8-10(3)4/h1,6-7,10H,8-9H2,2-4H3/b11-6-,12-7+. The third kappa shape index (κ3) is 5.55. The van der Waals surface area contributed by atoms with Crippen molar-refractivity contribution < 1.29 is 0 Å². The molecule has 0 aliphatic carbocycles. The van der Waals surface area contributed by atoms with Gasteiger partial charge in [-0.05, 0) is 31.3 Å². The van der Waals surface area contributed by atoms with Crippen molar-refractivity contribution in [2.75, 3.05) is 0 Å². The van der Waals surface area contributed by atoms with Crippen molar-refractivity contribution in [3.05, 3.63) is 22.8 Å². The molecular weight excluding hydrogens is 180 g/mol. The van der Waals surface area contributed by atoms with Crippen LogP contribution in [0.3, 0.4) is 0 Å². The zero-order chi connectivity index (χ0) is 10.3. The molecule has 0 amide bonds. The highest BCUT2D eigenvalue weighted by Gasteiger charge is 2.02. The molecule has 0 saturated carbocycles. The molecule has 0 atom stereocenters. The molecule has 0 rings (SSSR count). The Morgan fingerprint density at radius 2 is 2.15 bits per heavy atom. The van der Waals surface area contributed by atoms with Crippen LogP contribution in [0.25, 0.3) is 0 Å². The van der Waals surface area contributed by atoms with E-state index >= 15 is 0 Å². The first-order valence-electron chi connectivity index (χ1n) is 4.59. The smallest absolute Gasteiger partial charge is 0.0518 e. The summed E-state index contributed by atoms with van der Waals surface area (Å²) < 4.78 is 0. The zero-order valence-corrected chi connectivity index (χ0v) is 9.36. The van der Waals surface area contributed by atoms with Crippen LogP contribution >= 0.6 is 11.6 Å². The quantitative estimate of drug-likeness (QED) is 0.469. The highest BCUT2D eigenvalue weighted by atomic mass is 35.5. The minimum absolute atomic E-state index is 0.699. The fourth-order valence-electron chi connectivity index (χ4n) is 1.01. The molecule has 0 bridgehead atoms. The lowest BCUT2D eigenvalue weighted by Crippen LogP contribution is -1.90. The summed E-state index contributed by atoms with van der Waals surface area (Å²) in [6.07, 6.45) is 10.9. The topological polar surface area (TPSA) is 0 Å². The highest BCUT2D eigenvalue weighted by Crippen LogP contribution is 2.21. The number of allylic oxidation sites excluding steroid dienone is 4. The van der Waals surface area contributed by atoms with Gasteiger partial charge in [-0.15, -0.1) is 6.42 Å². The lowest BCUT2D eigenvalue weighted by molar-refractivity contribution is 0.587. The predicted octanol–water partition coefficient (Wildman–Crippen LogP) is 4.12. The lowest BCUT2D eigenvalue weighted by Gasteiger charge is -2.07. The Bertz CT molecular complexity index is 238. The van der Waals surface area contributed by atoms with Crippen molar-refractivity contribution in [1.82, 2.24) is 0 Å². The second kappa shape index (κ2) is 6.80. The molecule has 0 aliphatic rings. The van der Waals surface area contributed by atoms with E-state index in [1.165, 1.54) is 0 Å². The highest BCUT2D eigenvalue weighted by molar-refractivity contribution is 6.32. The summed E-state index contributed by atoms with van der Waals surface area (Å²) in [6.45, 7) is 6.39. The van der Waals surface area contributed by atoms with E-state index in [1.807, 2.05) is 13.0 Å². The van der Waals surface area contributed by atoms with Crippen molar-refractivity contribution in [2.45, 2.75) is 33.6 Å². The Morgan fingerprint density at radius 3 is 2.54 bits per heavy atom. The summed E-state index contributed by atoms with van der Waals surface area (Å²) in [6, 6.07) is 0. The van der Waals surface area contributed by atoms with Crippen LogP contribution < -0.4 is 0 Å². The Morgan fingerprint density at radius 1 is 1.54 bits per heavy atom. The van der Waals surface area contributed by atoms with Gasteiger partial charge in [0.25, 0.3) is 0 Å². The SMILES string of the molecule is C#C/C=C(Cl)\C(=C/C)CCC(C)C.